The maximum Gasteiger partial charge on any atom is 0.416 e. The number of benzene rings is 1. The molecule has 1 fully saturated rings. The fourth-order valence-electron chi connectivity index (χ4n) is 3.60. The minimum atomic E-state index is -4.76. The number of non-ortho nitro benzene ring substituents is 1. The molecule has 0 bridgehead atoms. The Morgan fingerprint density at radius 3 is 2.71 bits per heavy atom. The Bertz CT molecular complexity index is 1300. The second kappa shape index (κ2) is 8.89. The lowest BCUT2D eigenvalue weighted by atomic mass is 10.0. The molecule has 0 unspecified atom stereocenters. The van der Waals surface area contributed by atoms with Crippen LogP contribution in [0.5, 0.6) is 5.75 Å². The Morgan fingerprint density at radius 1 is 1.29 bits per heavy atom. The fraction of sp³-hybridized carbons (Fsp3) is 0.381. The number of nitro benzene ring substituents is 1. The van der Waals surface area contributed by atoms with Gasteiger partial charge in [-0.15, -0.1) is 0 Å². The van der Waals surface area contributed by atoms with Crippen LogP contribution < -0.4 is 15.6 Å². The van der Waals surface area contributed by atoms with Crippen molar-refractivity contribution < 1.29 is 27.6 Å². The van der Waals surface area contributed by atoms with Gasteiger partial charge in [0.1, 0.15) is 23.4 Å². The van der Waals surface area contributed by atoms with Crippen molar-refractivity contribution in [2.75, 3.05) is 18.5 Å². The summed E-state index contributed by atoms with van der Waals surface area (Å²) in [6.45, 7) is 3.99. The topological polar surface area (TPSA) is 132 Å². The highest BCUT2D eigenvalue weighted by molar-refractivity contribution is 5.87. The predicted molar refractivity (Wildman–Crippen MR) is 115 cm³/mol. The van der Waals surface area contributed by atoms with Crippen molar-refractivity contribution in [3.63, 3.8) is 0 Å². The molecule has 0 aliphatic carbocycles. The third-order valence-corrected chi connectivity index (χ3v) is 5.30. The van der Waals surface area contributed by atoms with Crippen molar-refractivity contribution in [2.24, 2.45) is 0 Å². The number of ether oxygens (including phenoxy) is 2. The number of aryl methyl sites for hydroxylation is 1. The van der Waals surface area contributed by atoms with Gasteiger partial charge in [0, 0.05) is 24.6 Å². The normalized spacial score (nSPS) is 17.0. The van der Waals surface area contributed by atoms with E-state index in [1.54, 1.807) is 13.8 Å². The van der Waals surface area contributed by atoms with Crippen LogP contribution in [-0.4, -0.2) is 39.2 Å². The van der Waals surface area contributed by atoms with Crippen LogP contribution in [0, 0.1) is 17.0 Å². The Hall–Kier alpha value is -3.74. The summed E-state index contributed by atoms with van der Waals surface area (Å²) in [5.41, 5.74) is -2.06. The van der Waals surface area contributed by atoms with Crippen LogP contribution in [0.3, 0.4) is 0 Å². The first-order valence-corrected chi connectivity index (χ1v) is 10.3. The molecule has 34 heavy (non-hydrogen) atoms. The Kier molecular flexibility index (Phi) is 6.13. The number of H-pyrrole nitrogens is 1. The third-order valence-electron chi connectivity index (χ3n) is 5.30. The van der Waals surface area contributed by atoms with Gasteiger partial charge >= 0.3 is 6.18 Å². The molecule has 0 spiro atoms. The lowest BCUT2D eigenvalue weighted by Crippen LogP contribution is -2.21. The average molecular weight is 479 g/mol. The molecular weight excluding hydrogens is 459 g/mol. The number of hydrogen-bond acceptors (Lipinski definition) is 8. The van der Waals surface area contributed by atoms with Gasteiger partial charge in [-0.3, -0.25) is 14.9 Å². The molecule has 3 aromatic rings. The number of alkyl halides is 3. The Labute approximate surface area is 190 Å². The number of nitrogens with zero attached hydrogens (tertiary/aromatic N) is 3. The molecule has 3 heterocycles. The van der Waals surface area contributed by atoms with Gasteiger partial charge in [-0.25, -0.2) is 9.97 Å². The molecular formula is C21H20F3N5O5. The zero-order valence-corrected chi connectivity index (χ0v) is 18.1. The van der Waals surface area contributed by atoms with E-state index in [1.165, 1.54) is 6.07 Å². The van der Waals surface area contributed by atoms with Gasteiger partial charge in [0.15, 0.2) is 5.75 Å². The molecule has 0 amide bonds. The molecule has 2 N–H and O–H groups in total. The zero-order chi connectivity index (χ0) is 24.6. The first-order chi connectivity index (χ1) is 16.0. The van der Waals surface area contributed by atoms with Gasteiger partial charge in [0.05, 0.1) is 35.1 Å². The smallest absolute Gasteiger partial charge is 0.416 e. The van der Waals surface area contributed by atoms with Gasteiger partial charge < -0.3 is 19.8 Å². The maximum absolute atomic E-state index is 13.3. The molecule has 4 rings (SSSR count). The van der Waals surface area contributed by atoms with E-state index in [-0.39, 0.29) is 28.9 Å². The molecule has 1 saturated heterocycles. The van der Waals surface area contributed by atoms with E-state index in [4.69, 9.17) is 9.47 Å². The van der Waals surface area contributed by atoms with Crippen molar-refractivity contribution in [1.29, 1.82) is 0 Å². The maximum atomic E-state index is 13.3. The number of fused-ring (bicyclic) bond motifs is 1. The monoisotopic (exact) mass is 479 g/mol. The summed E-state index contributed by atoms with van der Waals surface area (Å²) in [5, 5.41) is 14.5. The summed E-state index contributed by atoms with van der Waals surface area (Å²) < 4.78 is 50.9. The van der Waals surface area contributed by atoms with Crippen molar-refractivity contribution in [3.8, 4) is 5.75 Å². The highest BCUT2D eigenvalue weighted by atomic mass is 19.4. The minimum Gasteiger partial charge on any atom is -0.482 e. The zero-order valence-electron chi connectivity index (χ0n) is 18.1. The predicted octanol–water partition coefficient (Wildman–Crippen LogP) is 3.89. The van der Waals surface area contributed by atoms with Crippen LogP contribution in [0.2, 0.25) is 0 Å². The Balaban J connectivity index is 1.73. The lowest BCUT2D eigenvalue weighted by Gasteiger charge is -2.18. The number of rotatable bonds is 6. The van der Waals surface area contributed by atoms with E-state index in [0.717, 1.165) is 12.1 Å². The van der Waals surface area contributed by atoms with Gasteiger partial charge in [-0.1, -0.05) is 0 Å². The highest BCUT2D eigenvalue weighted by Crippen LogP contribution is 2.35. The van der Waals surface area contributed by atoms with Crippen molar-refractivity contribution >= 4 is 22.5 Å². The number of nitro groups is 1. The van der Waals surface area contributed by atoms with Gasteiger partial charge in [-0.05, 0) is 25.5 Å². The molecule has 180 valence electrons. The van der Waals surface area contributed by atoms with Crippen LogP contribution in [-0.2, 0) is 10.9 Å². The molecule has 1 aliphatic rings. The second-order valence-electron chi connectivity index (χ2n) is 7.88. The average Bonchev–Trinajstić information content (AvgIpc) is 3.26. The number of aromatic nitrogens is 3. The summed E-state index contributed by atoms with van der Waals surface area (Å²) >= 11 is 0. The molecule has 10 nitrogen and oxygen atoms in total. The number of halogens is 3. The van der Waals surface area contributed by atoms with Crippen LogP contribution in [0.25, 0.3) is 11.0 Å². The summed E-state index contributed by atoms with van der Waals surface area (Å²) in [7, 11) is 0. The van der Waals surface area contributed by atoms with E-state index in [0.29, 0.717) is 36.9 Å². The van der Waals surface area contributed by atoms with E-state index in [9.17, 15) is 28.1 Å². The number of hydrogen-bond donors (Lipinski definition) is 2. The van der Waals surface area contributed by atoms with E-state index in [1.807, 2.05) is 0 Å². The van der Waals surface area contributed by atoms with Gasteiger partial charge in [-0.2, -0.15) is 13.2 Å². The van der Waals surface area contributed by atoms with Crippen LogP contribution in [0.15, 0.2) is 29.1 Å². The molecule has 1 aliphatic heterocycles. The molecule has 2 aromatic heterocycles. The lowest BCUT2D eigenvalue weighted by molar-refractivity contribution is -0.385. The van der Waals surface area contributed by atoms with E-state index in [2.05, 4.69) is 20.3 Å². The van der Waals surface area contributed by atoms with Crippen molar-refractivity contribution in [1.82, 2.24) is 15.0 Å². The second-order valence-corrected chi connectivity index (χ2v) is 7.88. The van der Waals surface area contributed by atoms with Gasteiger partial charge in [0.25, 0.3) is 11.2 Å². The van der Waals surface area contributed by atoms with E-state index < -0.39 is 34.0 Å². The van der Waals surface area contributed by atoms with Crippen LogP contribution >= 0.6 is 0 Å². The van der Waals surface area contributed by atoms with Crippen molar-refractivity contribution in [2.45, 2.75) is 38.6 Å². The summed E-state index contributed by atoms with van der Waals surface area (Å²) in [6, 6.07) is 3.05. The van der Waals surface area contributed by atoms with Crippen LogP contribution in [0.1, 0.15) is 36.3 Å². The largest absolute Gasteiger partial charge is 0.482 e. The SMILES string of the molecule is Cc1nc(N[C@H](C)c2cc([N+](=O)[O-])cc(C(F)(F)F)c2)c2cc(O[C@H]3CCOC3)c(=O)[nH]c2n1. The number of nitrogens with one attached hydrogen (secondary N) is 2. The standard InChI is InChI=1S/C21H20F3N5O5/c1-10(12-5-13(21(22,23)24)7-14(6-12)29(31)32)25-18-16-8-17(34-15-3-4-33-9-15)20(30)28-19(16)27-11(2)26-18/h5-8,10,15H,3-4,9H2,1-2H3,(H2,25,26,27,28,30)/t10-,15+/m1/s1. The quantitative estimate of drug-likeness (QED) is 0.402. The van der Waals surface area contributed by atoms with Crippen LogP contribution in [0.4, 0.5) is 24.7 Å². The summed E-state index contributed by atoms with van der Waals surface area (Å²) in [4.78, 5) is 33.9. The summed E-state index contributed by atoms with van der Waals surface area (Å²) in [5.74, 6) is 0.547. The molecule has 1 aromatic carbocycles. The van der Waals surface area contributed by atoms with Gasteiger partial charge in [0.2, 0.25) is 0 Å². The van der Waals surface area contributed by atoms with Crippen molar-refractivity contribution in [3.05, 3.63) is 61.7 Å². The molecule has 2 atom stereocenters. The Morgan fingerprint density at radius 2 is 2.06 bits per heavy atom. The number of anilines is 1. The molecule has 13 heteroatoms. The first-order valence-electron chi connectivity index (χ1n) is 10.3. The first kappa shape index (κ1) is 23.4. The molecule has 0 saturated carbocycles. The van der Waals surface area contributed by atoms with E-state index >= 15 is 0 Å². The highest BCUT2D eigenvalue weighted by Gasteiger charge is 2.33. The third kappa shape index (κ3) is 4.93. The summed E-state index contributed by atoms with van der Waals surface area (Å²) in [6.07, 6.45) is -4.42. The number of aromatic amines is 1. The number of pyridine rings is 1. The fourth-order valence-corrected chi connectivity index (χ4v) is 3.60. The minimum absolute atomic E-state index is 0.0286. The molecule has 0 radical (unpaired) electrons.